The minimum absolute atomic E-state index is 0.0331. The molecule has 0 unspecified atom stereocenters. The lowest BCUT2D eigenvalue weighted by molar-refractivity contribution is -0.0861. The Morgan fingerprint density at radius 1 is 0.912 bits per heavy atom. The number of hydrogen-bond donors (Lipinski definition) is 1. The predicted molar refractivity (Wildman–Crippen MR) is 220 cm³/mol. The number of carbonyl (C=O) groups excluding carboxylic acids is 1. The third-order valence-electron chi connectivity index (χ3n) is 10.7. The number of carbonyl (C=O) groups is 1. The number of unbranched alkanes of at least 4 members (excludes halogenated alkanes) is 3. The number of hydrogen-bond acceptors (Lipinski definition) is 9. The molecule has 2 fully saturated rings. The quantitative estimate of drug-likeness (QED) is 0.111. The first-order valence-electron chi connectivity index (χ1n) is 20.5. The molecular weight excluding hydrogens is 729 g/mol. The van der Waals surface area contributed by atoms with E-state index in [4.69, 9.17) is 18.9 Å². The van der Waals surface area contributed by atoms with E-state index in [0.717, 1.165) is 73.3 Å². The minimum Gasteiger partial charge on any atom is -0.493 e. The predicted octanol–water partition coefficient (Wildman–Crippen LogP) is 9.84. The second kappa shape index (κ2) is 19.3. The molecule has 0 spiro atoms. The zero-order valence-electron chi connectivity index (χ0n) is 34.2. The zero-order valence-corrected chi connectivity index (χ0v) is 34.2. The van der Waals surface area contributed by atoms with Gasteiger partial charge in [-0.3, -0.25) is 0 Å². The molecule has 1 atom stereocenters. The van der Waals surface area contributed by atoms with Crippen molar-refractivity contribution in [2.45, 2.75) is 97.3 Å². The van der Waals surface area contributed by atoms with Crippen molar-refractivity contribution in [3.63, 3.8) is 0 Å². The summed E-state index contributed by atoms with van der Waals surface area (Å²) in [5, 5.41) is 14.4. The fraction of sp³-hybridized carbons (Fsp3) is 0.533. The maximum atomic E-state index is 16.1. The highest BCUT2D eigenvalue weighted by molar-refractivity contribution is 5.99. The summed E-state index contributed by atoms with van der Waals surface area (Å²) in [6, 6.07) is 20.7. The van der Waals surface area contributed by atoms with Crippen LogP contribution in [0.5, 0.6) is 5.75 Å². The van der Waals surface area contributed by atoms with Crippen LogP contribution in [0.2, 0.25) is 0 Å². The van der Waals surface area contributed by atoms with Gasteiger partial charge in [-0.05, 0) is 90.0 Å². The van der Waals surface area contributed by atoms with Crippen molar-refractivity contribution < 1.29 is 32.5 Å². The van der Waals surface area contributed by atoms with Crippen LogP contribution in [-0.2, 0) is 26.7 Å². The molecule has 12 heteroatoms. The molecule has 4 aromatic rings. The first-order valence-corrected chi connectivity index (χ1v) is 20.5. The number of aromatic nitrogens is 2. The SMILES string of the molecule is Cc1nnc(N[C@H](C)c2cccc(C(F)(F)C3CCN(C(=O)OC(C)(C)C)CC3)c2)c2cc(N3CCOCC3)cc(OCCCCCCOCc3ccccc3)c12. The smallest absolute Gasteiger partial charge is 0.410 e. The molecule has 2 saturated heterocycles. The van der Waals surface area contributed by atoms with E-state index in [2.05, 4.69) is 44.7 Å². The fourth-order valence-electron chi connectivity index (χ4n) is 7.51. The zero-order chi connectivity index (χ0) is 40.4. The number of rotatable bonds is 16. The number of halogens is 2. The Hall–Kier alpha value is -4.55. The number of alkyl halides is 2. The molecule has 0 saturated carbocycles. The van der Waals surface area contributed by atoms with Gasteiger partial charge in [0.05, 0.1) is 43.5 Å². The highest BCUT2D eigenvalue weighted by Crippen LogP contribution is 2.43. The van der Waals surface area contributed by atoms with Crippen LogP contribution in [0.1, 0.15) is 94.6 Å². The molecule has 10 nitrogen and oxygen atoms in total. The molecule has 57 heavy (non-hydrogen) atoms. The molecule has 0 aliphatic carbocycles. The molecule has 3 heterocycles. The van der Waals surface area contributed by atoms with Crippen LogP contribution in [0, 0.1) is 12.8 Å². The van der Waals surface area contributed by atoms with Gasteiger partial charge in [-0.1, -0.05) is 55.0 Å². The number of nitrogens with one attached hydrogen (secondary N) is 1. The van der Waals surface area contributed by atoms with Gasteiger partial charge in [0, 0.05) is 61.4 Å². The van der Waals surface area contributed by atoms with Crippen molar-refractivity contribution in [1.29, 1.82) is 0 Å². The monoisotopic (exact) mass is 787 g/mol. The fourth-order valence-corrected chi connectivity index (χ4v) is 7.51. The van der Waals surface area contributed by atoms with Gasteiger partial charge in [0.2, 0.25) is 0 Å². The van der Waals surface area contributed by atoms with Crippen molar-refractivity contribution in [3.8, 4) is 5.75 Å². The molecule has 1 aromatic heterocycles. The Balaban J connectivity index is 1.12. The minimum atomic E-state index is -3.07. The van der Waals surface area contributed by atoms with E-state index in [1.165, 1.54) is 16.5 Å². The van der Waals surface area contributed by atoms with Gasteiger partial charge in [-0.2, -0.15) is 5.10 Å². The van der Waals surface area contributed by atoms with Crippen LogP contribution in [-0.4, -0.2) is 79.4 Å². The lowest BCUT2D eigenvalue weighted by atomic mass is 9.85. The van der Waals surface area contributed by atoms with Gasteiger partial charge in [0.25, 0.3) is 5.92 Å². The molecule has 3 aromatic carbocycles. The van der Waals surface area contributed by atoms with Crippen LogP contribution < -0.4 is 15.0 Å². The summed E-state index contributed by atoms with van der Waals surface area (Å²) in [5.41, 5.74) is 2.99. The van der Waals surface area contributed by atoms with E-state index in [-0.39, 0.29) is 37.5 Å². The Morgan fingerprint density at radius 2 is 1.63 bits per heavy atom. The van der Waals surface area contributed by atoms with E-state index in [1.54, 1.807) is 32.9 Å². The summed E-state index contributed by atoms with van der Waals surface area (Å²) in [4.78, 5) is 16.4. The van der Waals surface area contributed by atoms with Gasteiger partial charge in [0.15, 0.2) is 5.82 Å². The summed E-state index contributed by atoms with van der Waals surface area (Å²) in [7, 11) is 0. The number of amides is 1. The highest BCUT2D eigenvalue weighted by atomic mass is 19.3. The first-order chi connectivity index (χ1) is 27.4. The van der Waals surface area contributed by atoms with Gasteiger partial charge in [-0.15, -0.1) is 5.10 Å². The van der Waals surface area contributed by atoms with Crippen molar-refractivity contribution in [1.82, 2.24) is 15.1 Å². The van der Waals surface area contributed by atoms with Gasteiger partial charge in [-0.25, -0.2) is 13.6 Å². The average Bonchev–Trinajstić information content (AvgIpc) is 3.21. The molecule has 0 radical (unpaired) electrons. The lowest BCUT2D eigenvalue weighted by Gasteiger charge is -2.36. The van der Waals surface area contributed by atoms with Crippen LogP contribution in [0.15, 0.2) is 66.7 Å². The summed E-state index contributed by atoms with van der Waals surface area (Å²) in [6.07, 6.45) is 3.92. The second-order valence-electron chi connectivity index (χ2n) is 16.3. The number of nitrogens with zero attached hydrogens (tertiary/aromatic N) is 4. The first kappa shape index (κ1) is 42.1. The van der Waals surface area contributed by atoms with E-state index >= 15 is 8.78 Å². The van der Waals surface area contributed by atoms with Crippen molar-refractivity contribution >= 4 is 28.4 Å². The second-order valence-corrected chi connectivity index (χ2v) is 16.3. The molecule has 1 amide bonds. The number of ether oxygens (including phenoxy) is 4. The maximum absolute atomic E-state index is 16.1. The maximum Gasteiger partial charge on any atom is 0.410 e. The number of fused-ring (bicyclic) bond motifs is 1. The molecule has 2 aliphatic heterocycles. The highest BCUT2D eigenvalue weighted by Gasteiger charge is 2.44. The van der Waals surface area contributed by atoms with E-state index < -0.39 is 23.5 Å². The summed E-state index contributed by atoms with van der Waals surface area (Å²) in [6.45, 7) is 14.5. The Bertz CT molecular complexity index is 1910. The number of morpholine rings is 1. The van der Waals surface area contributed by atoms with E-state index in [0.29, 0.717) is 37.8 Å². The lowest BCUT2D eigenvalue weighted by Crippen LogP contribution is -2.44. The molecule has 2 aliphatic rings. The van der Waals surface area contributed by atoms with Crippen LogP contribution in [0.4, 0.5) is 25.1 Å². The third kappa shape index (κ3) is 11.3. The summed E-state index contributed by atoms with van der Waals surface area (Å²) < 4.78 is 55.7. The molecule has 6 rings (SSSR count). The number of aryl methyl sites for hydroxylation is 1. The summed E-state index contributed by atoms with van der Waals surface area (Å²) in [5.74, 6) is -2.65. The Labute approximate surface area is 336 Å². The molecule has 308 valence electrons. The molecule has 1 N–H and O–H groups in total. The molecular formula is C45H59F2N5O5. The Morgan fingerprint density at radius 3 is 2.35 bits per heavy atom. The summed E-state index contributed by atoms with van der Waals surface area (Å²) >= 11 is 0. The molecule has 0 bridgehead atoms. The standard InChI is InChI=1S/C45H59F2N5O5/c1-32(35-16-13-17-37(28-35)45(46,47)36-18-20-52(21-19-36)43(53)57-44(3,4)5)48-42-39-29-38(51-22-26-54-27-23-51)30-40(41(39)33(2)49-50-42)56-25-12-7-6-11-24-55-31-34-14-9-8-10-15-34/h8-10,13-17,28-30,32,36H,6-7,11-12,18-27,31H2,1-5H3,(H,48,50)/t32-/m1/s1. The van der Waals surface area contributed by atoms with Crippen LogP contribution >= 0.6 is 0 Å². The van der Waals surface area contributed by atoms with Crippen molar-refractivity contribution in [2.75, 3.05) is 62.8 Å². The van der Waals surface area contributed by atoms with Crippen molar-refractivity contribution in [2.24, 2.45) is 5.92 Å². The number of anilines is 2. The van der Waals surface area contributed by atoms with Gasteiger partial charge in [0.1, 0.15) is 11.4 Å². The van der Waals surface area contributed by atoms with Crippen molar-refractivity contribution in [3.05, 3.63) is 89.1 Å². The van der Waals surface area contributed by atoms with E-state index in [9.17, 15) is 4.79 Å². The van der Waals surface area contributed by atoms with Crippen LogP contribution in [0.3, 0.4) is 0 Å². The average molecular weight is 788 g/mol. The van der Waals surface area contributed by atoms with Gasteiger partial charge >= 0.3 is 6.09 Å². The number of benzene rings is 3. The van der Waals surface area contributed by atoms with Crippen LogP contribution in [0.25, 0.3) is 10.8 Å². The normalized spacial score (nSPS) is 16.1. The van der Waals surface area contributed by atoms with E-state index in [1.807, 2.05) is 38.1 Å². The third-order valence-corrected chi connectivity index (χ3v) is 10.7. The number of likely N-dealkylation sites (tertiary alicyclic amines) is 1. The number of piperidine rings is 1. The Kier molecular flexibility index (Phi) is 14.2. The topological polar surface area (TPSA) is 98.3 Å². The van der Waals surface area contributed by atoms with Gasteiger partial charge < -0.3 is 34.1 Å². The largest absolute Gasteiger partial charge is 0.493 e.